The van der Waals surface area contributed by atoms with E-state index in [1.54, 1.807) is 34.9 Å². The number of fused-ring (bicyclic) bond motifs is 1. The zero-order chi connectivity index (χ0) is 22.0. The van der Waals surface area contributed by atoms with Crippen LogP contribution < -0.4 is 15.3 Å². The van der Waals surface area contributed by atoms with Crippen LogP contribution >= 0.6 is 0 Å². The molecule has 2 aromatic carbocycles. The van der Waals surface area contributed by atoms with Crippen molar-refractivity contribution in [3.63, 3.8) is 0 Å². The Kier molecular flexibility index (Phi) is 5.35. The van der Waals surface area contributed by atoms with E-state index < -0.39 is 5.82 Å². The summed E-state index contributed by atoms with van der Waals surface area (Å²) in [5, 5.41) is 18.3. The first kappa shape index (κ1) is 20.1. The molecule has 1 unspecified atom stereocenters. The van der Waals surface area contributed by atoms with Gasteiger partial charge in [-0.15, -0.1) is 0 Å². The minimum absolute atomic E-state index is 0.0857. The molecule has 2 heterocycles. The summed E-state index contributed by atoms with van der Waals surface area (Å²) in [7, 11) is 1.83. The van der Waals surface area contributed by atoms with Crippen molar-refractivity contribution >= 4 is 5.82 Å². The van der Waals surface area contributed by atoms with Gasteiger partial charge in [-0.25, -0.2) is 14.2 Å². The number of halogens is 1. The number of ether oxygens (including phenoxy) is 2. The highest BCUT2D eigenvalue weighted by Crippen LogP contribution is 2.28. The summed E-state index contributed by atoms with van der Waals surface area (Å²) >= 11 is 0. The number of rotatable bonds is 5. The Bertz CT molecular complexity index is 1290. The molecule has 31 heavy (non-hydrogen) atoms. The Balaban J connectivity index is 1.46. The molecule has 0 radical (unpaired) electrons. The van der Waals surface area contributed by atoms with E-state index in [1.165, 1.54) is 18.3 Å². The first-order chi connectivity index (χ1) is 15.0. The molecule has 154 valence electrons. The fourth-order valence-electron chi connectivity index (χ4n) is 3.31. The van der Waals surface area contributed by atoms with Crippen LogP contribution in [0.5, 0.6) is 11.5 Å². The number of likely N-dealkylation sites (N-methyl/N-ethyl adjacent to an activating group) is 1. The Morgan fingerprint density at radius 3 is 2.68 bits per heavy atom. The second kappa shape index (κ2) is 8.27. The fraction of sp³-hybridized carbons (Fsp3) is 0.182. The largest absolute Gasteiger partial charge is 0.456 e. The van der Waals surface area contributed by atoms with E-state index in [9.17, 15) is 14.4 Å². The summed E-state index contributed by atoms with van der Waals surface area (Å²) in [5.41, 5.74) is 0.583. The smallest absolute Gasteiger partial charge is 0.349 e. The van der Waals surface area contributed by atoms with Crippen molar-refractivity contribution in [3.8, 4) is 23.6 Å². The third kappa shape index (κ3) is 3.95. The Labute approximate surface area is 176 Å². The third-order valence-electron chi connectivity index (χ3n) is 4.94. The summed E-state index contributed by atoms with van der Waals surface area (Å²) in [6.07, 6.45) is 1.12. The minimum atomic E-state index is -0.695. The lowest BCUT2D eigenvalue weighted by atomic mass is 10.1. The lowest BCUT2D eigenvalue weighted by molar-refractivity contribution is 0.0405. The topological polar surface area (TPSA) is 104 Å². The van der Waals surface area contributed by atoms with Gasteiger partial charge in [-0.2, -0.15) is 10.5 Å². The van der Waals surface area contributed by atoms with Crippen LogP contribution in [0.15, 0.2) is 53.5 Å². The van der Waals surface area contributed by atoms with Gasteiger partial charge in [-0.1, -0.05) is 6.07 Å². The summed E-state index contributed by atoms with van der Waals surface area (Å²) in [6, 6.07) is 14.4. The number of nitriles is 2. The number of nitrogens with zero attached hydrogens (tertiary/aromatic N) is 5. The quantitative estimate of drug-likeness (QED) is 0.629. The summed E-state index contributed by atoms with van der Waals surface area (Å²) in [4.78, 5) is 17.5. The first-order valence-electron chi connectivity index (χ1n) is 9.31. The average Bonchev–Trinajstić information content (AvgIpc) is 3.10. The molecular formula is C22H16FN5O3. The van der Waals surface area contributed by atoms with Crippen LogP contribution in [0.3, 0.4) is 0 Å². The monoisotopic (exact) mass is 417 g/mol. The molecule has 0 bridgehead atoms. The van der Waals surface area contributed by atoms with Gasteiger partial charge < -0.3 is 14.4 Å². The molecule has 1 aliphatic rings. The van der Waals surface area contributed by atoms with Crippen molar-refractivity contribution in [2.24, 2.45) is 0 Å². The van der Waals surface area contributed by atoms with Crippen LogP contribution in [-0.2, 0) is 17.9 Å². The van der Waals surface area contributed by atoms with Crippen LogP contribution in [0.1, 0.15) is 16.7 Å². The van der Waals surface area contributed by atoms with Crippen molar-refractivity contribution in [3.05, 3.63) is 81.7 Å². The van der Waals surface area contributed by atoms with Gasteiger partial charge >= 0.3 is 5.69 Å². The maximum absolute atomic E-state index is 13.8. The van der Waals surface area contributed by atoms with E-state index in [1.807, 2.05) is 11.9 Å². The van der Waals surface area contributed by atoms with Crippen LogP contribution in [0.2, 0.25) is 0 Å². The molecule has 0 saturated heterocycles. The molecule has 0 spiro atoms. The molecule has 0 N–H and O–H groups in total. The molecule has 0 fully saturated rings. The van der Waals surface area contributed by atoms with Gasteiger partial charge in [0.05, 0.1) is 24.3 Å². The van der Waals surface area contributed by atoms with Crippen molar-refractivity contribution in [1.82, 2.24) is 9.55 Å². The summed E-state index contributed by atoms with van der Waals surface area (Å²) < 4.78 is 26.9. The lowest BCUT2D eigenvalue weighted by Gasteiger charge is -2.21. The highest BCUT2D eigenvalue weighted by molar-refractivity contribution is 5.48. The highest BCUT2D eigenvalue weighted by Gasteiger charge is 2.27. The van der Waals surface area contributed by atoms with E-state index in [-0.39, 0.29) is 41.2 Å². The van der Waals surface area contributed by atoms with Crippen molar-refractivity contribution < 1.29 is 13.9 Å². The van der Waals surface area contributed by atoms with Crippen LogP contribution in [0.25, 0.3) is 0 Å². The molecule has 1 atom stereocenters. The number of anilines is 1. The van der Waals surface area contributed by atoms with Gasteiger partial charge in [-0.3, -0.25) is 4.57 Å². The Hall–Kier alpha value is -4.21. The van der Waals surface area contributed by atoms with E-state index in [0.29, 0.717) is 6.54 Å². The van der Waals surface area contributed by atoms with E-state index >= 15 is 0 Å². The molecule has 1 aromatic heterocycles. The second-order valence-corrected chi connectivity index (χ2v) is 6.87. The zero-order valence-electron chi connectivity index (χ0n) is 16.4. The average molecular weight is 417 g/mol. The maximum atomic E-state index is 13.8. The van der Waals surface area contributed by atoms with Gasteiger partial charge in [0.25, 0.3) is 0 Å². The van der Waals surface area contributed by atoms with Gasteiger partial charge in [0.15, 0.2) is 0 Å². The number of benzene rings is 2. The third-order valence-corrected chi connectivity index (χ3v) is 4.94. The molecule has 0 saturated carbocycles. The first-order valence-corrected chi connectivity index (χ1v) is 9.31. The van der Waals surface area contributed by atoms with E-state index in [0.717, 1.165) is 17.4 Å². The van der Waals surface area contributed by atoms with Crippen LogP contribution in [0.4, 0.5) is 10.2 Å². The van der Waals surface area contributed by atoms with E-state index in [4.69, 9.17) is 14.7 Å². The zero-order valence-corrected chi connectivity index (χ0v) is 16.4. The molecule has 9 heteroatoms. The number of hydrogen-bond donors (Lipinski definition) is 0. The molecule has 1 aliphatic heterocycles. The standard InChI is InChI=1S/C22H16FN5O3/c1-27-20-6-7-26-22(29)28(20)12-21(27)30-13-14-2-5-19(16(8-14)11-25)31-17-4-3-15(10-24)18(23)9-17/h2-9,21H,12-13H2,1H3. The molecule has 0 aliphatic carbocycles. The highest BCUT2D eigenvalue weighted by atomic mass is 19.1. The minimum Gasteiger partial charge on any atom is -0.456 e. The Morgan fingerprint density at radius 1 is 1.16 bits per heavy atom. The van der Waals surface area contributed by atoms with Gasteiger partial charge in [-0.05, 0) is 35.9 Å². The van der Waals surface area contributed by atoms with Crippen molar-refractivity contribution in [2.45, 2.75) is 19.4 Å². The molecule has 8 nitrogen and oxygen atoms in total. The van der Waals surface area contributed by atoms with Crippen LogP contribution in [-0.4, -0.2) is 22.8 Å². The molecule has 0 amide bonds. The number of aromatic nitrogens is 2. The molecular weight excluding hydrogens is 401 g/mol. The molecule has 4 rings (SSSR count). The van der Waals surface area contributed by atoms with Crippen molar-refractivity contribution in [2.75, 3.05) is 11.9 Å². The number of hydrogen-bond acceptors (Lipinski definition) is 7. The van der Waals surface area contributed by atoms with Crippen molar-refractivity contribution in [1.29, 1.82) is 10.5 Å². The van der Waals surface area contributed by atoms with Crippen LogP contribution in [0, 0.1) is 28.5 Å². The predicted molar refractivity (Wildman–Crippen MR) is 108 cm³/mol. The van der Waals surface area contributed by atoms with Gasteiger partial charge in [0.2, 0.25) is 0 Å². The van der Waals surface area contributed by atoms with E-state index in [2.05, 4.69) is 11.1 Å². The second-order valence-electron chi connectivity index (χ2n) is 6.87. The molecule has 3 aromatic rings. The maximum Gasteiger partial charge on any atom is 0.349 e. The summed E-state index contributed by atoms with van der Waals surface area (Å²) in [5.74, 6) is 0.473. The van der Waals surface area contributed by atoms with Gasteiger partial charge in [0, 0.05) is 19.3 Å². The van der Waals surface area contributed by atoms with Gasteiger partial charge in [0.1, 0.15) is 41.5 Å². The summed E-state index contributed by atoms with van der Waals surface area (Å²) in [6.45, 7) is 0.570. The predicted octanol–water partition coefficient (Wildman–Crippen LogP) is 2.91. The fourth-order valence-corrected chi connectivity index (χ4v) is 3.31. The Morgan fingerprint density at radius 2 is 1.97 bits per heavy atom. The SMILES string of the molecule is CN1c2ccnc(=O)n2CC1OCc1ccc(Oc2ccc(C#N)c(F)c2)c(C#N)c1. The lowest BCUT2D eigenvalue weighted by Crippen LogP contribution is -2.30. The normalized spacial score (nSPS) is 14.6.